The fraction of sp³-hybridized carbons (Fsp3) is 1.00. The fourth-order valence-corrected chi connectivity index (χ4v) is 0.612. The maximum atomic E-state index is 5.11. The van der Waals surface area contributed by atoms with Crippen LogP contribution in [0.25, 0.3) is 0 Å². The first-order valence-corrected chi connectivity index (χ1v) is 5.16. The van der Waals surface area contributed by atoms with E-state index in [1.807, 2.05) is 0 Å². The van der Waals surface area contributed by atoms with Crippen LogP contribution in [0.4, 0.5) is 0 Å². The molecule has 0 amide bonds. The van der Waals surface area contributed by atoms with Gasteiger partial charge in [-0.1, -0.05) is 11.6 Å². The molecule has 0 N–H and O–H groups in total. The number of methoxy groups -OCH3 is 1. The lowest BCUT2D eigenvalue weighted by Gasteiger charge is -2.00. The summed E-state index contributed by atoms with van der Waals surface area (Å²) in [5.74, 6) is 4.22. The number of hydrogen-bond acceptors (Lipinski definition) is 2. The van der Waals surface area contributed by atoms with E-state index < -0.39 is 14.5 Å². The molecule has 0 aromatic heterocycles. The van der Waals surface area contributed by atoms with E-state index in [0.717, 1.165) is 0 Å². The molecule has 0 atom stereocenters. The smallest absolute Gasteiger partial charge is 0.455 e. The fourth-order valence-electron chi connectivity index (χ4n) is 0.204. The van der Waals surface area contributed by atoms with Crippen molar-refractivity contribution in [3.63, 3.8) is 0 Å². The molecule has 0 fully saturated rings. The Balaban J connectivity index is 2.68. The standard InChI is InChI=1S/C2H5O2.2CH3.Al/c1-4-2-3;;;/h2H2,1H3;2*1H3;/q-1;;;+1. The highest BCUT2D eigenvalue weighted by atomic mass is 27.2. The van der Waals surface area contributed by atoms with Crippen LogP contribution in [0, 0.1) is 0 Å². The van der Waals surface area contributed by atoms with Gasteiger partial charge in [-0.3, -0.25) is 0 Å². The highest BCUT2D eigenvalue weighted by Crippen LogP contribution is 1.80. The molecule has 3 heteroatoms. The molecule has 0 bridgehead atoms. The molecule has 7 heavy (non-hydrogen) atoms. The number of ether oxygens (including phenoxy) is 1. The van der Waals surface area contributed by atoms with Gasteiger partial charge in [-0.2, -0.15) is 0 Å². The molecule has 0 heterocycles. The summed E-state index contributed by atoms with van der Waals surface area (Å²) in [6.07, 6.45) is 0. The molecule has 0 saturated carbocycles. The van der Waals surface area contributed by atoms with Crippen molar-refractivity contribution in [3.05, 3.63) is 0 Å². The first-order valence-electron chi connectivity index (χ1n) is 2.38. The molecule has 0 spiro atoms. The van der Waals surface area contributed by atoms with Crippen LogP contribution in [0.1, 0.15) is 0 Å². The monoisotopic (exact) mass is 118 g/mol. The maximum absolute atomic E-state index is 5.11. The minimum atomic E-state index is -0.813. The molecule has 0 aliphatic heterocycles. The van der Waals surface area contributed by atoms with Gasteiger partial charge in [0.15, 0.2) is 0 Å². The SMILES string of the molecule is COC[O][Al]([CH3])[CH3]. The van der Waals surface area contributed by atoms with E-state index in [2.05, 4.69) is 16.3 Å². The van der Waals surface area contributed by atoms with Gasteiger partial charge in [0.05, 0.1) is 0 Å². The summed E-state index contributed by atoms with van der Waals surface area (Å²) < 4.78 is 9.77. The Labute approximate surface area is 49.1 Å². The summed E-state index contributed by atoms with van der Waals surface area (Å²) in [5.41, 5.74) is 0. The molecule has 0 aromatic rings. The molecular formula is C4H11AlO2. The second-order valence-electron chi connectivity index (χ2n) is 1.62. The quantitative estimate of drug-likeness (QED) is 0.404. The van der Waals surface area contributed by atoms with Gasteiger partial charge in [-0.25, -0.2) is 0 Å². The third-order valence-corrected chi connectivity index (χ3v) is 1.32. The Kier molecular flexibility index (Phi) is 4.91. The Morgan fingerprint density at radius 2 is 2.00 bits per heavy atom. The molecule has 0 unspecified atom stereocenters. The average Bonchev–Trinajstić information content (AvgIpc) is 1.61. The van der Waals surface area contributed by atoms with Gasteiger partial charge in [-0.15, -0.1) is 0 Å². The third-order valence-electron chi connectivity index (χ3n) is 0.519. The normalized spacial score (nSPS) is 9.00. The first-order chi connectivity index (χ1) is 3.27. The molecule has 0 aromatic carbocycles. The van der Waals surface area contributed by atoms with E-state index >= 15 is 0 Å². The van der Waals surface area contributed by atoms with Crippen LogP contribution >= 0.6 is 0 Å². The lowest BCUT2D eigenvalue weighted by molar-refractivity contribution is 0.0505. The molecule has 0 aliphatic carbocycles. The molecule has 0 aliphatic rings. The van der Waals surface area contributed by atoms with Gasteiger partial charge in [-0.05, 0) is 0 Å². The zero-order valence-electron chi connectivity index (χ0n) is 5.10. The highest BCUT2D eigenvalue weighted by Gasteiger charge is 2.00. The number of rotatable bonds is 3. The van der Waals surface area contributed by atoms with Crippen molar-refractivity contribution in [2.75, 3.05) is 13.9 Å². The molecule has 0 radical (unpaired) electrons. The van der Waals surface area contributed by atoms with Gasteiger partial charge in [0, 0.05) is 7.11 Å². The van der Waals surface area contributed by atoms with Crippen molar-refractivity contribution in [1.82, 2.24) is 0 Å². The van der Waals surface area contributed by atoms with Crippen LogP contribution in [0.15, 0.2) is 0 Å². The van der Waals surface area contributed by atoms with Gasteiger partial charge in [0.25, 0.3) is 0 Å². The van der Waals surface area contributed by atoms with E-state index in [1.54, 1.807) is 7.11 Å². The van der Waals surface area contributed by atoms with Crippen LogP contribution in [0.5, 0.6) is 0 Å². The van der Waals surface area contributed by atoms with E-state index in [9.17, 15) is 0 Å². The highest BCUT2D eigenvalue weighted by molar-refractivity contribution is 6.48. The second-order valence-corrected chi connectivity index (χ2v) is 4.05. The Bertz CT molecular complexity index is 38.7. The minimum Gasteiger partial charge on any atom is -0.480 e. The van der Waals surface area contributed by atoms with Crippen LogP contribution in [0.2, 0.25) is 11.6 Å². The van der Waals surface area contributed by atoms with E-state index in [0.29, 0.717) is 6.79 Å². The Morgan fingerprint density at radius 1 is 1.43 bits per heavy atom. The van der Waals surface area contributed by atoms with Crippen LogP contribution < -0.4 is 0 Å². The zero-order valence-corrected chi connectivity index (χ0v) is 6.26. The molecule has 2 nitrogen and oxygen atoms in total. The molecule has 0 saturated heterocycles. The van der Waals surface area contributed by atoms with Gasteiger partial charge in [0.1, 0.15) is 6.79 Å². The molecule has 0 rings (SSSR count). The van der Waals surface area contributed by atoms with Crippen LogP contribution in [0.3, 0.4) is 0 Å². The summed E-state index contributed by atoms with van der Waals surface area (Å²) in [6, 6.07) is 0. The summed E-state index contributed by atoms with van der Waals surface area (Å²) in [5, 5.41) is 0. The third kappa shape index (κ3) is 6.45. The van der Waals surface area contributed by atoms with Crippen molar-refractivity contribution in [3.8, 4) is 0 Å². The summed E-state index contributed by atoms with van der Waals surface area (Å²) >= 11 is -0.813. The predicted octanol–water partition coefficient (Wildman–Crippen LogP) is 0.858. The minimum absolute atomic E-state index is 0.462. The zero-order chi connectivity index (χ0) is 5.70. The van der Waals surface area contributed by atoms with Gasteiger partial charge in [0.2, 0.25) is 0 Å². The van der Waals surface area contributed by atoms with Crippen molar-refractivity contribution in [1.29, 1.82) is 0 Å². The van der Waals surface area contributed by atoms with Crippen LogP contribution in [-0.2, 0) is 8.53 Å². The summed E-state index contributed by atoms with van der Waals surface area (Å²) in [4.78, 5) is 0. The summed E-state index contributed by atoms with van der Waals surface area (Å²) in [7, 11) is 1.64. The lowest BCUT2D eigenvalue weighted by atomic mass is 11.4. The lowest BCUT2D eigenvalue weighted by Crippen LogP contribution is -2.09. The summed E-state index contributed by atoms with van der Waals surface area (Å²) in [6.45, 7) is 0.462. The largest absolute Gasteiger partial charge is 0.480 e. The van der Waals surface area contributed by atoms with E-state index in [-0.39, 0.29) is 0 Å². The van der Waals surface area contributed by atoms with Crippen LogP contribution in [-0.4, -0.2) is 28.4 Å². The number of hydrogen-bond donors (Lipinski definition) is 0. The predicted molar refractivity (Wildman–Crippen MR) is 30.4 cm³/mol. The van der Waals surface area contributed by atoms with Crippen molar-refractivity contribution >= 4 is 14.5 Å². The average molecular weight is 118 g/mol. The Hall–Kier alpha value is 0.452. The van der Waals surface area contributed by atoms with Crippen molar-refractivity contribution in [2.45, 2.75) is 11.6 Å². The van der Waals surface area contributed by atoms with Crippen molar-refractivity contribution < 1.29 is 8.53 Å². The van der Waals surface area contributed by atoms with E-state index in [1.165, 1.54) is 0 Å². The molecular weight excluding hydrogens is 107 g/mol. The topological polar surface area (TPSA) is 18.5 Å². The van der Waals surface area contributed by atoms with E-state index in [4.69, 9.17) is 3.79 Å². The second kappa shape index (κ2) is 4.61. The van der Waals surface area contributed by atoms with Gasteiger partial charge < -0.3 is 8.53 Å². The molecule has 42 valence electrons. The Morgan fingerprint density at radius 3 is 2.14 bits per heavy atom. The van der Waals surface area contributed by atoms with Crippen molar-refractivity contribution in [2.24, 2.45) is 0 Å². The first kappa shape index (κ1) is 7.45. The maximum Gasteiger partial charge on any atom is 0.455 e. The van der Waals surface area contributed by atoms with Gasteiger partial charge >= 0.3 is 14.5 Å².